The fourth-order valence-electron chi connectivity index (χ4n) is 5.98. The molecule has 0 radical (unpaired) electrons. The van der Waals surface area contributed by atoms with E-state index in [1.165, 1.54) is 27.1 Å². The summed E-state index contributed by atoms with van der Waals surface area (Å²) in [6.45, 7) is 3.18. The highest BCUT2D eigenvalue weighted by atomic mass is 32.2. The van der Waals surface area contributed by atoms with Crippen LogP contribution in [0.3, 0.4) is 0 Å². The summed E-state index contributed by atoms with van der Waals surface area (Å²) < 4.78 is 13.5. The monoisotopic (exact) mass is 762 g/mol. The van der Waals surface area contributed by atoms with Crippen LogP contribution < -0.4 is 32.9 Å². The van der Waals surface area contributed by atoms with Gasteiger partial charge in [0.1, 0.15) is 29.5 Å². The molecule has 4 aromatic rings. The Hall–Kier alpha value is -5.57. The number of amides is 1. The maximum absolute atomic E-state index is 12.4. The Morgan fingerprint density at radius 1 is 1.02 bits per heavy atom. The summed E-state index contributed by atoms with van der Waals surface area (Å²) in [6, 6.07) is 6.91. The Morgan fingerprint density at radius 2 is 1.80 bits per heavy atom. The van der Waals surface area contributed by atoms with E-state index in [0.29, 0.717) is 28.7 Å². The van der Waals surface area contributed by atoms with Gasteiger partial charge >= 0.3 is 11.4 Å². The second kappa shape index (κ2) is 16.6. The van der Waals surface area contributed by atoms with Gasteiger partial charge in [0.2, 0.25) is 0 Å². The Bertz CT molecular complexity index is 2240. The summed E-state index contributed by atoms with van der Waals surface area (Å²) >= 11 is 1.47. The van der Waals surface area contributed by atoms with Crippen LogP contribution in [0.25, 0.3) is 10.4 Å². The molecule has 284 valence electrons. The average molecular weight is 763 g/mol. The van der Waals surface area contributed by atoms with Gasteiger partial charge in [-0.05, 0) is 62.0 Å². The first-order valence-corrected chi connectivity index (χ1v) is 17.9. The van der Waals surface area contributed by atoms with Gasteiger partial charge in [0.05, 0.1) is 36.6 Å². The van der Waals surface area contributed by atoms with Crippen LogP contribution in [0.5, 0.6) is 0 Å². The number of ether oxygens (including phenoxy) is 2. The van der Waals surface area contributed by atoms with Crippen molar-refractivity contribution in [3.8, 4) is 0 Å². The van der Waals surface area contributed by atoms with Crippen LogP contribution in [-0.4, -0.2) is 87.8 Å². The van der Waals surface area contributed by atoms with E-state index in [2.05, 4.69) is 40.2 Å². The highest BCUT2D eigenvalue weighted by Gasteiger charge is 2.38. The number of carbonyl (C=O) groups is 1. The predicted molar refractivity (Wildman–Crippen MR) is 197 cm³/mol. The number of anilines is 4. The van der Waals surface area contributed by atoms with E-state index in [-0.39, 0.29) is 43.0 Å². The van der Waals surface area contributed by atoms with Gasteiger partial charge in [0.15, 0.2) is 5.82 Å². The van der Waals surface area contributed by atoms with Crippen molar-refractivity contribution in [1.29, 1.82) is 0 Å². The van der Waals surface area contributed by atoms with Crippen molar-refractivity contribution < 1.29 is 24.5 Å². The molecule has 1 aliphatic carbocycles. The van der Waals surface area contributed by atoms with Gasteiger partial charge in [0, 0.05) is 53.5 Å². The number of aromatic nitrogens is 6. The first kappa shape index (κ1) is 38.2. The van der Waals surface area contributed by atoms with Gasteiger partial charge < -0.3 is 35.6 Å². The number of nitrogens with one attached hydrogen (secondary N) is 2. The van der Waals surface area contributed by atoms with E-state index < -0.39 is 35.3 Å². The number of aliphatic hydroxyl groups excluding tert-OH is 2. The molecule has 4 aliphatic rings. The smallest absolute Gasteiger partial charge is 0.351 e. The van der Waals surface area contributed by atoms with Crippen molar-refractivity contribution in [2.45, 2.75) is 69.2 Å². The van der Waals surface area contributed by atoms with Crippen molar-refractivity contribution in [1.82, 2.24) is 29.1 Å². The normalized spacial score (nSPS) is 22.6. The topological polar surface area (TPSA) is 282 Å². The number of fused-ring (bicyclic) bond motifs is 2. The summed E-state index contributed by atoms with van der Waals surface area (Å²) in [7, 11) is 0. The van der Waals surface area contributed by atoms with Crippen LogP contribution in [0, 0.1) is 13.8 Å². The summed E-state index contributed by atoms with van der Waals surface area (Å²) in [5.41, 5.74) is 14.8. The standard InChI is InChI=1S/C15H14N4O.C10H13N5O4.C8H11N3O3S/c1-9-6-8-17-14-12(9)18-15(20)11-3-2-7-16-13(11)19(14)10-4-5-10;1-5-3-15(10(18)12-9(5)17)8-2-6(13-14-11)7(4-16)19-8;9-5-1-2-11(8(13)10-5)6-4-15-7(3-12)14-6/h2-3,6-8,10H,4-5H2,1H3,(H,18,20);3,6-8,16H,2,4H2,1H3,(H,12,17,18);1-2,6-7,12H,3-4H2,(H2,9,10,13)/t;6-,7+,8+;6-,7+/m.01/s1. The number of pyridine rings is 2. The van der Waals surface area contributed by atoms with Gasteiger partial charge in [-0.15, -0.1) is 11.8 Å². The third-order valence-corrected chi connectivity index (χ3v) is 9.97. The van der Waals surface area contributed by atoms with Crippen molar-refractivity contribution in [2.24, 2.45) is 5.11 Å². The zero-order valence-corrected chi connectivity index (χ0v) is 30.0. The van der Waals surface area contributed by atoms with Gasteiger partial charge in [-0.25, -0.2) is 19.6 Å². The number of nitrogen functional groups attached to an aromatic ring is 1. The Balaban J connectivity index is 0.000000140. The molecule has 1 saturated carbocycles. The third-order valence-electron chi connectivity index (χ3n) is 8.86. The number of carbonyl (C=O) groups excluding carboxylic acids is 1. The van der Waals surface area contributed by atoms with E-state index in [1.54, 1.807) is 37.6 Å². The molecule has 0 unspecified atom stereocenters. The van der Waals surface area contributed by atoms with E-state index in [9.17, 15) is 19.2 Å². The number of H-pyrrole nitrogens is 1. The minimum atomic E-state index is -0.671. The molecule has 2 saturated heterocycles. The van der Waals surface area contributed by atoms with E-state index in [0.717, 1.165) is 29.9 Å². The summed E-state index contributed by atoms with van der Waals surface area (Å²) in [5, 5.41) is 24.5. The number of hydrogen-bond acceptors (Lipinski definition) is 15. The van der Waals surface area contributed by atoms with Crippen LogP contribution >= 0.6 is 11.8 Å². The zero-order valence-electron chi connectivity index (χ0n) is 29.2. The zero-order chi connectivity index (χ0) is 38.5. The lowest BCUT2D eigenvalue weighted by molar-refractivity contribution is -0.0271. The van der Waals surface area contributed by atoms with Crippen molar-refractivity contribution in [3.63, 3.8) is 0 Å². The Morgan fingerprint density at radius 3 is 2.48 bits per heavy atom. The summed E-state index contributed by atoms with van der Waals surface area (Å²) in [6.07, 6.45) is 7.24. The second-order valence-corrected chi connectivity index (χ2v) is 13.8. The molecule has 3 aliphatic heterocycles. The molecule has 0 bridgehead atoms. The van der Waals surface area contributed by atoms with Crippen LogP contribution in [0.4, 0.5) is 23.1 Å². The molecular formula is C33H38N12O8S. The largest absolute Gasteiger partial charge is 0.394 e. The fraction of sp³-hybridized carbons (Fsp3) is 0.424. The number of hydrogen-bond donors (Lipinski definition) is 5. The Labute approximate surface area is 310 Å². The molecule has 0 spiro atoms. The minimum absolute atomic E-state index is 0.0572. The number of azide groups is 1. The van der Waals surface area contributed by atoms with Crippen molar-refractivity contribution >= 4 is 40.8 Å². The maximum atomic E-state index is 12.4. The molecular weight excluding hydrogens is 725 g/mol. The molecule has 1 amide bonds. The highest BCUT2D eigenvalue weighted by molar-refractivity contribution is 8.00. The Kier molecular flexibility index (Phi) is 11.7. The summed E-state index contributed by atoms with van der Waals surface area (Å²) in [5.74, 6) is 2.22. The molecule has 0 aromatic carbocycles. The highest BCUT2D eigenvalue weighted by Crippen LogP contribution is 2.43. The molecule has 54 heavy (non-hydrogen) atoms. The second-order valence-electron chi connectivity index (χ2n) is 12.6. The number of aromatic amines is 1. The van der Waals surface area contributed by atoms with Crippen LogP contribution in [0.1, 0.15) is 53.2 Å². The van der Waals surface area contributed by atoms with Crippen LogP contribution in [0.2, 0.25) is 0 Å². The van der Waals surface area contributed by atoms with Crippen molar-refractivity contribution in [2.75, 3.05) is 34.9 Å². The first-order valence-electron chi connectivity index (χ1n) is 16.9. The number of nitrogens with two attached hydrogens (primary N) is 1. The lowest BCUT2D eigenvalue weighted by Crippen LogP contribution is -2.33. The number of aliphatic hydroxyl groups is 2. The van der Waals surface area contributed by atoms with Crippen LogP contribution in [0.15, 0.2) is 68.6 Å². The van der Waals surface area contributed by atoms with Crippen molar-refractivity contribution in [3.05, 3.63) is 108 Å². The molecule has 3 fully saturated rings. The van der Waals surface area contributed by atoms with E-state index in [4.69, 9.17) is 31.0 Å². The van der Waals surface area contributed by atoms with Gasteiger partial charge in [0.25, 0.3) is 11.5 Å². The third kappa shape index (κ3) is 8.30. The molecule has 8 rings (SSSR count). The quantitative estimate of drug-likeness (QED) is 0.107. The van der Waals surface area contributed by atoms with Gasteiger partial charge in [-0.1, -0.05) is 5.11 Å². The molecule has 7 heterocycles. The maximum Gasteiger partial charge on any atom is 0.351 e. The number of aryl methyl sites for hydroxylation is 2. The lowest BCUT2D eigenvalue weighted by atomic mass is 10.1. The molecule has 21 heteroatoms. The minimum Gasteiger partial charge on any atom is -0.394 e. The fourth-order valence-corrected chi connectivity index (χ4v) is 6.91. The van der Waals surface area contributed by atoms with E-state index >= 15 is 0 Å². The van der Waals surface area contributed by atoms with E-state index in [1.807, 2.05) is 19.1 Å². The number of rotatable bonds is 6. The SMILES string of the molecule is Cc1ccnc2c1NC(=O)c1cccnc1N2C1CC1.Cc1cn([C@H]2C[C@H](N=[N+]=[N-])[C@@H](CO)O2)c(=O)[nH]c1=O.Nc1ccn([C@H]2CS[C@@H](CO)O2)c(=O)n1. The molecule has 6 N–H and O–H groups in total. The molecule has 5 atom stereocenters. The number of nitrogens with zero attached hydrogens (tertiary/aromatic N) is 9. The summed E-state index contributed by atoms with van der Waals surface area (Å²) in [4.78, 5) is 66.3. The average Bonchev–Trinajstić information content (AvgIpc) is 3.76. The first-order chi connectivity index (χ1) is 26.0. The molecule has 4 aromatic heterocycles. The van der Waals surface area contributed by atoms with Gasteiger partial charge in [-0.3, -0.25) is 23.7 Å². The number of thioether (sulfide) groups is 1. The lowest BCUT2D eigenvalue weighted by Gasteiger charge is -2.23. The molecule has 20 nitrogen and oxygen atoms in total. The van der Waals surface area contributed by atoms with Crippen LogP contribution in [-0.2, 0) is 9.47 Å². The van der Waals surface area contributed by atoms with Gasteiger partial charge in [-0.2, -0.15) is 4.98 Å². The predicted octanol–water partition coefficient (Wildman–Crippen LogP) is 1.86.